The van der Waals surface area contributed by atoms with Gasteiger partial charge < -0.3 is 74.4 Å². The molecule has 2 aliphatic heterocycles. The van der Waals surface area contributed by atoms with Crippen LogP contribution in [0.4, 0.5) is 0 Å². The molecule has 1 aliphatic carbocycles. The van der Waals surface area contributed by atoms with Crippen LogP contribution < -0.4 is 14.2 Å². The second-order valence-corrected chi connectivity index (χ2v) is 12.0. The SMILES string of the molecule is COc1cc(C2Cc3c(OC)cc(C=CCO)cc3C2COC2OC(CO)C(O)C(O)C2O)ccc1OC1OC(CO)C(O)C(O)C1O. The molecule has 48 heavy (non-hydrogen) atoms. The molecule has 2 saturated heterocycles. The van der Waals surface area contributed by atoms with Crippen molar-refractivity contribution in [3.63, 3.8) is 0 Å². The number of ether oxygens (including phenoxy) is 6. The highest BCUT2D eigenvalue weighted by atomic mass is 16.7. The van der Waals surface area contributed by atoms with E-state index in [0.29, 0.717) is 12.2 Å². The van der Waals surface area contributed by atoms with Crippen molar-refractivity contribution in [3.8, 4) is 17.2 Å². The van der Waals surface area contributed by atoms with E-state index in [4.69, 9.17) is 28.4 Å². The molecular weight excluding hydrogens is 636 g/mol. The Balaban J connectivity index is 1.46. The van der Waals surface area contributed by atoms with Gasteiger partial charge in [-0.15, -0.1) is 0 Å². The van der Waals surface area contributed by atoms with Gasteiger partial charge in [-0.25, -0.2) is 0 Å². The van der Waals surface area contributed by atoms with E-state index in [9.17, 15) is 46.0 Å². The van der Waals surface area contributed by atoms with Crippen LogP contribution in [0.5, 0.6) is 17.2 Å². The lowest BCUT2D eigenvalue weighted by atomic mass is 9.86. The molecule has 2 aromatic rings. The highest BCUT2D eigenvalue weighted by molar-refractivity contribution is 5.60. The van der Waals surface area contributed by atoms with E-state index in [1.165, 1.54) is 7.11 Å². The van der Waals surface area contributed by atoms with Gasteiger partial charge in [0.05, 0.1) is 40.6 Å². The monoisotopic (exact) mass is 680 g/mol. The molecule has 2 heterocycles. The Morgan fingerprint density at radius 3 is 1.96 bits per heavy atom. The van der Waals surface area contributed by atoms with Crippen molar-refractivity contribution in [2.24, 2.45) is 0 Å². The first-order valence-corrected chi connectivity index (χ1v) is 15.6. The molecule has 0 spiro atoms. The molecule has 2 fully saturated rings. The molecule has 9 N–H and O–H groups in total. The third-order valence-corrected chi connectivity index (χ3v) is 9.21. The maximum atomic E-state index is 10.6. The van der Waals surface area contributed by atoms with Crippen LogP contribution in [0, 0.1) is 0 Å². The number of hydrogen-bond donors (Lipinski definition) is 9. The van der Waals surface area contributed by atoms with Gasteiger partial charge in [-0.2, -0.15) is 0 Å². The highest BCUT2D eigenvalue weighted by Crippen LogP contribution is 2.49. The number of fused-ring (bicyclic) bond motifs is 1. The molecule has 12 atom stereocenters. The molecule has 0 aromatic heterocycles. The van der Waals surface area contributed by atoms with E-state index >= 15 is 0 Å². The van der Waals surface area contributed by atoms with Crippen LogP contribution >= 0.6 is 0 Å². The van der Waals surface area contributed by atoms with Gasteiger partial charge in [0.15, 0.2) is 17.8 Å². The quantitative estimate of drug-likeness (QED) is 0.119. The Bertz CT molecular complexity index is 1400. The van der Waals surface area contributed by atoms with E-state index in [1.807, 2.05) is 12.1 Å². The van der Waals surface area contributed by atoms with Gasteiger partial charge in [-0.05, 0) is 52.8 Å². The number of hydrogen-bond acceptors (Lipinski definition) is 15. The molecule has 0 bridgehead atoms. The van der Waals surface area contributed by atoms with Crippen LogP contribution in [0.1, 0.15) is 34.1 Å². The maximum absolute atomic E-state index is 10.6. The first-order valence-electron chi connectivity index (χ1n) is 15.6. The van der Waals surface area contributed by atoms with Crippen LogP contribution in [0.2, 0.25) is 0 Å². The van der Waals surface area contributed by atoms with Gasteiger partial charge in [0.1, 0.15) is 54.6 Å². The normalized spacial score (nSPS) is 35.1. The van der Waals surface area contributed by atoms with Crippen LogP contribution in [-0.4, -0.2) is 148 Å². The van der Waals surface area contributed by atoms with Crippen molar-refractivity contribution in [1.82, 2.24) is 0 Å². The molecule has 0 saturated carbocycles. The summed E-state index contributed by atoms with van der Waals surface area (Å²) in [5.41, 5.74) is 3.30. The summed E-state index contributed by atoms with van der Waals surface area (Å²) in [6, 6.07) is 8.90. The molecule has 0 radical (unpaired) electrons. The minimum absolute atomic E-state index is 0.0257. The number of methoxy groups -OCH3 is 2. The standard InChI is InChI=1S/C33H44O15/c1-43-22-9-15(4-3-7-34)8-18-19(22)11-17(20(18)14-45-32-30(41)28(39)26(37)24(12-35)47-32)16-5-6-21(23(10-16)44-2)46-33-31(42)29(40)27(38)25(13-36)48-33/h3-6,8-10,17,20,24-42H,7,11-14H2,1-2H3. The summed E-state index contributed by atoms with van der Waals surface area (Å²) in [6.07, 6.45) is -10.8. The molecule has 0 amide bonds. The molecule has 15 nitrogen and oxygen atoms in total. The fourth-order valence-corrected chi connectivity index (χ4v) is 6.55. The number of benzene rings is 2. The first kappa shape index (κ1) is 36.4. The Labute approximate surface area is 276 Å². The van der Waals surface area contributed by atoms with Crippen molar-refractivity contribution in [2.45, 2.75) is 79.7 Å². The average Bonchev–Trinajstić information content (AvgIpc) is 3.47. The van der Waals surface area contributed by atoms with Crippen molar-refractivity contribution in [2.75, 3.05) is 40.6 Å². The zero-order chi connectivity index (χ0) is 34.7. The van der Waals surface area contributed by atoms with E-state index in [1.54, 1.807) is 37.5 Å². The lowest BCUT2D eigenvalue weighted by molar-refractivity contribution is -0.302. The van der Waals surface area contributed by atoms with Crippen molar-refractivity contribution < 1.29 is 74.4 Å². The lowest BCUT2D eigenvalue weighted by Crippen LogP contribution is -2.60. The zero-order valence-electron chi connectivity index (χ0n) is 26.5. The first-order chi connectivity index (χ1) is 23.1. The van der Waals surface area contributed by atoms with Gasteiger partial charge in [0, 0.05) is 5.92 Å². The van der Waals surface area contributed by atoms with Crippen molar-refractivity contribution in [3.05, 3.63) is 58.7 Å². The summed E-state index contributed by atoms with van der Waals surface area (Å²) in [6.45, 7) is -1.41. The number of aliphatic hydroxyl groups is 9. The lowest BCUT2D eigenvalue weighted by Gasteiger charge is -2.40. The van der Waals surface area contributed by atoms with Gasteiger partial charge >= 0.3 is 0 Å². The van der Waals surface area contributed by atoms with E-state index < -0.39 is 74.6 Å². The highest BCUT2D eigenvalue weighted by Gasteiger charge is 2.46. The summed E-state index contributed by atoms with van der Waals surface area (Å²) < 4.78 is 34.3. The third kappa shape index (κ3) is 7.19. The second kappa shape index (κ2) is 15.8. The van der Waals surface area contributed by atoms with Crippen molar-refractivity contribution >= 4 is 6.08 Å². The van der Waals surface area contributed by atoms with Crippen LogP contribution in [0.15, 0.2) is 36.4 Å². The molecule has 15 heteroatoms. The average molecular weight is 681 g/mol. The molecule has 2 aromatic carbocycles. The predicted molar refractivity (Wildman–Crippen MR) is 165 cm³/mol. The van der Waals surface area contributed by atoms with E-state index in [2.05, 4.69) is 0 Å². The number of aliphatic hydroxyl groups excluding tert-OH is 9. The molecular formula is C33H44O15. The van der Waals surface area contributed by atoms with Crippen LogP contribution in [-0.2, 0) is 20.6 Å². The van der Waals surface area contributed by atoms with Gasteiger partial charge in [0.25, 0.3) is 0 Å². The maximum Gasteiger partial charge on any atom is 0.229 e. The molecule has 3 aliphatic rings. The number of rotatable bonds is 12. The summed E-state index contributed by atoms with van der Waals surface area (Å²) in [5.74, 6) is 0.369. The zero-order valence-corrected chi connectivity index (χ0v) is 26.5. The van der Waals surface area contributed by atoms with E-state index in [-0.39, 0.29) is 36.5 Å². The van der Waals surface area contributed by atoms with Gasteiger partial charge in [-0.3, -0.25) is 0 Å². The fraction of sp³-hybridized carbons (Fsp3) is 0.576. The van der Waals surface area contributed by atoms with Crippen LogP contribution in [0.3, 0.4) is 0 Å². The van der Waals surface area contributed by atoms with Gasteiger partial charge in [0.2, 0.25) is 6.29 Å². The summed E-state index contributed by atoms with van der Waals surface area (Å²) in [7, 11) is 2.97. The predicted octanol–water partition coefficient (Wildman–Crippen LogP) is -1.87. The topological polar surface area (TPSA) is 237 Å². The minimum atomic E-state index is -1.63. The van der Waals surface area contributed by atoms with Crippen LogP contribution in [0.25, 0.3) is 6.08 Å². The fourth-order valence-electron chi connectivity index (χ4n) is 6.55. The molecule has 266 valence electrons. The largest absolute Gasteiger partial charge is 0.496 e. The Hall–Kier alpha value is -2.90. The van der Waals surface area contributed by atoms with Crippen molar-refractivity contribution in [1.29, 1.82) is 0 Å². The summed E-state index contributed by atoms with van der Waals surface area (Å²) in [5, 5.41) is 90.5. The Morgan fingerprint density at radius 2 is 1.35 bits per heavy atom. The second-order valence-electron chi connectivity index (χ2n) is 12.0. The summed E-state index contributed by atoms with van der Waals surface area (Å²) >= 11 is 0. The smallest absolute Gasteiger partial charge is 0.229 e. The minimum Gasteiger partial charge on any atom is -0.496 e. The third-order valence-electron chi connectivity index (χ3n) is 9.21. The Kier molecular flexibility index (Phi) is 11.9. The van der Waals surface area contributed by atoms with E-state index in [0.717, 1.165) is 22.3 Å². The molecule has 12 unspecified atom stereocenters. The Morgan fingerprint density at radius 1 is 0.729 bits per heavy atom. The molecule has 5 rings (SSSR count). The van der Waals surface area contributed by atoms with Gasteiger partial charge in [-0.1, -0.05) is 24.3 Å². The summed E-state index contributed by atoms with van der Waals surface area (Å²) in [4.78, 5) is 0.